The van der Waals surface area contributed by atoms with Gasteiger partial charge in [-0.1, -0.05) is 33.6 Å². The van der Waals surface area contributed by atoms with Crippen molar-refractivity contribution in [1.29, 1.82) is 0 Å². The Morgan fingerprint density at radius 2 is 1.95 bits per heavy atom. The lowest BCUT2D eigenvalue weighted by atomic mass is 9.77. The number of aromatic nitrogens is 2. The second-order valence-electron chi connectivity index (χ2n) is 7.12. The predicted octanol–water partition coefficient (Wildman–Crippen LogP) is 4.20. The fourth-order valence-electron chi connectivity index (χ4n) is 3.40. The molecule has 0 spiro atoms. The zero-order valence-electron chi connectivity index (χ0n) is 14.3. The number of nitrogens with one attached hydrogen (secondary N) is 1. The largest absolute Gasteiger partial charge is 0.314 e. The molecule has 3 atom stereocenters. The molecule has 1 fully saturated rings. The molecule has 120 valence electrons. The summed E-state index contributed by atoms with van der Waals surface area (Å²) in [6.07, 6.45) is 10.0. The van der Waals surface area contributed by atoms with Crippen molar-refractivity contribution in [3.8, 4) is 0 Å². The van der Waals surface area contributed by atoms with Gasteiger partial charge in [0.25, 0.3) is 0 Å². The van der Waals surface area contributed by atoms with Gasteiger partial charge in [0.1, 0.15) is 0 Å². The average Bonchev–Trinajstić information content (AvgIpc) is 2.94. The van der Waals surface area contributed by atoms with Crippen LogP contribution >= 0.6 is 0 Å². The van der Waals surface area contributed by atoms with Crippen molar-refractivity contribution >= 4 is 0 Å². The zero-order valence-corrected chi connectivity index (χ0v) is 14.3. The van der Waals surface area contributed by atoms with Gasteiger partial charge in [-0.15, -0.1) is 0 Å². The molecular formula is C18H33N3. The molecule has 2 rings (SSSR count). The Hall–Kier alpha value is -0.830. The molecule has 0 aromatic carbocycles. The van der Waals surface area contributed by atoms with E-state index in [1.807, 2.05) is 0 Å². The summed E-state index contributed by atoms with van der Waals surface area (Å²) in [6.45, 7) is 10.1. The van der Waals surface area contributed by atoms with Crippen molar-refractivity contribution < 1.29 is 0 Å². The molecule has 21 heavy (non-hydrogen) atoms. The highest BCUT2D eigenvalue weighted by Gasteiger charge is 2.26. The van der Waals surface area contributed by atoms with Crippen molar-refractivity contribution in [2.45, 2.75) is 78.3 Å². The highest BCUT2D eigenvalue weighted by atomic mass is 15.3. The minimum Gasteiger partial charge on any atom is -0.314 e. The van der Waals surface area contributed by atoms with Crippen molar-refractivity contribution in [2.75, 3.05) is 6.54 Å². The van der Waals surface area contributed by atoms with E-state index in [1.54, 1.807) is 0 Å². The third-order valence-corrected chi connectivity index (χ3v) is 5.03. The Bertz CT molecular complexity index is 410. The van der Waals surface area contributed by atoms with Gasteiger partial charge in [0.05, 0.1) is 5.69 Å². The van der Waals surface area contributed by atoms with Gasteiger partial charge >= 0.3 is 0 Å². The minimum atomic E-state index is 0.517. The van der Waals surface area contributed by atoms with Gasteiger partial charge in [-0.25, -0.2) is 0 Å². The summed E-state index contributed by atoms with van der Waals surface area (Å²) in [4.78, 5) is 0. The summed E-state index contributed by atoms with van der Waals surface area (Å²) in [7, 11) is 0. The van der Waals surface area contributed by atoms with E-state index in [9.17, 15) is 0 Å². The summed E-state index contributed by atoms with van der Waals surface area (Å²) in [5.41, 5.74) is 1.29. The van der Waals surface area contributed by atoms with Crippen molar-refractivity contribution in [1.82, 2.24) is 15.1 Å². The number of hydrogen-bond acceptors (Lipinski definition) is 2. The van der Waals surface area contributed by atoms with Gasteiger partial charge in [0, 0.05) is 18.3 Å². The Balaban J connectivity index is 1.93. The van der Waals surface area contributed by atoms with Crippen LogP contribution in [0, 0.1) is 11.8 Å². The fourth-order valence-corrected chi connectivity index (χ4v) is 3.40. The Morgan fingerprint density at radius 1 is 1.24 bits per heavy atom. The van der Waals surface area contributed by atoms with E-state index < -0.39 is 0 Å². The van der Waals surface area contributed by atoms with Crippen molar-refractivity contribution in [3.63, 3.8) is 0 Å². The molecule has 3 unspecified atom stereocenters. The molecule has 1 heterocycles. The molecule has 1 aliphatic rings. The van der Waals surface area contributed by atoms with Crippen LogP contribution in [0.25, 0.3) is 0 Å². The Kier molecular flexibility index (Phi) is 6.28. The SMILES string of the molecule is CCC(C)n1ccc(CC2CCCCC2CNC(C)C)n1. The highest BCUT2D eigenvalue weighted by Crippen LogP contribution is 2.32. The summed E-state index contributed by atoms with van der Waals surface area (Å²) in [5.74, 6) is 1.64. The van der Waals surface area contributed by atoms with Crippen LogP contribution in [0.15, 0.2) is 12.3 Å². The van der Waals surface area contributed by atoms with Crippen LogP contribution in [-0.2, 0) is 6.42 Å². The quantitative estimate of drug-likeness (QED) is 0.816. The third kappa shape index (κ3) is 4.84. The van der Waals surface area contributed by atoms with Gasteiger partial charge in [0.2, 0.25) is 0 Å². The maximum atomic E-state index is 4.80. The van der Waals surface area contributed by atoms with Crippen LogP contribution in [0.4, 0.5) is 0 Å². The molecule has 1 aliphatic carbocycles. The molecular weight excluding hydrogens is 258 g/mol. The zero-order chi connectivity index (χ0) is 15.2. The van der Waals surface area contributed by atoms with E-state index >= 15 is 0 Å². The maximum Gasteiger partial charge on any atom is 0.0627 e. The second-order valence-corrected chi connectivity index (χ2v) is 7.12. The molecule has 0 radical (unpaired) electrons. The van der Waals surface area contributed by atoms with Crippen LogP contribution in [0.2, 0.25) is 0 Å². The van der Waals surface area contributed by atoms with Gasteiger partial charge in [0.15, 0.2) is 0 Å². The van der Waals surface area contributed by atoms with Gasteiger partial charge in [-0.05, 0) is 57.1 Å². The van der Waals surface area contributed by atoms with Crippen LogP contribution in [0.3, 0.4) is 0 Å². The van der Waals surface area contributed by atoms with E-state index in [1.165, 1.54) is 37.9 Å². The molecule has 3 heteroatoms. The van der Waals surface area contributed by atoms with Crippen LogP contribution in [0.1, 0.15) is 71.5 Å². The molecule has 1 aromatic rings. The third-order valence-electron chi connectivity index (χ3n) is 5.03. The van der Waals surface area contributed by atoms with Crippen LogP contribution in [-0.4, -0.2) is 22.4 Å². The first-order valence-corrected chi connectivity index (χ1v) is 8.87. The predicted molar refractivity (Wildman–Crippen MR) is 89.5 cm³/mol. The number of hydrogen-bond donors (Lipinski definition) is 1. The van der Waals surface area contributed by atoms with E-state index in [0.29, 0.717) is 12.1 Å². The van der Waals surface area contributed by atoms with Crippen molar-refractivity contribution in [3.05, 3.63) is 18.0 Å². The summed E-state index contributed by atoms with van der Waals surface area (Å²) in [6, 6.07) is 3.34. The Labute approximate surface area is 130 Å². The van der Waals surface area contributed by atoms with E-state index in [0.717, 1.165) is 24.7 Å². The molecule has 1 aromatic heterocycles. The van der Waals surface area contributed by atoms with Gasteiger partial charge < -0.3 is 5.32 Å². The lowest BCUT2D eigenvalue weighted by molar-refractivity contribution is 0.223. The standard InChI is InChI=1S/C18H33N3/c1-5-15(4)21-11-10-18(20-21)12-16-8-6-7-9-17(16)13-19-14(2)3/h10-11,14-17,19H,5-9,12-13H2,1-4H3. The van der Waals surface area contributed by atoms with E-state index in [4.69, 9.17) is 5.10 Å². The van der Waals surface area contributed by atoms with Gasteiger partial charge in [-0.2, -0.15) is 5.10 Å². The van der Waals surface area contributed by atoms with Crippen molar-refractivity contribution in [2.24, 2.45) is 11.8 Å². The number of nitrogens with zero attached hydrogens (tertiary/aromatic N) is 2. The average molecular weight is 291 g/mol. The smallest absolute Gasteiger partial charge is 0.0627 e. The lowest BCUT2D eigenvalue weighted by Gasteiger charge is -2.32. The fraction of sp³-hybridized carbons (Fsp3) is 0.833. The van der Waals surface area contributed by atoms with E-state index in [2.05, 4.69) is 50.0 Å². The molecule has 0 aliphatic heterocycles. The summed E-state index contributed by atoms with van der Waals surface area (Å²) >= 11 is 0. The van der Waals surface area contributed by atoms with Crippen LogP contribution < -0.4 is 5.32 Å². The minimum absolute atomic E-state index is 0.517. The van der Waals surface area contributed by atoms with Gasteiger partial charge in [-0.3, -0.25) is 4.68 Å². The molecule has 1 N–H and O–H groups in total. The molecule has 0 bridgehead atoms. The second kappa shape index (κ2) is 7.98. The molecule has 0 amide bonds. The number of rotatable bonds is 7. The topological polar surface area (TPSA) is 29.9 Å². The molecule has 1 saturated carbocycles. The molecule has 3 nitrogen and oxygen atoms in total. The monoisotopic (exact) mass is 291 g/mol. The van der Waals surface area contributed by atoms with Crippen LogP contribution in [0.5, 0.6) is 0 Å². The maximum absolute atomic E-state index is 4.80. The lowest BCUT2D eigenvalue weighted by Crippen LogP contribution is -2.35. The normalized spacial score (nSPS) is 24.4. The Morgan fingerprint density at radius 3 is 2.62 bits per heavy atom. The first kappa shape index (κ1) is 16.5. The first-order chi connectivity index (χ1) is 10.1. The summed E-state index contributed by atoms with van der Waals surface area (Å²) < 4.78 is 2.14. The first-order valence-electron chi connectivity index (χ1n) is 8.87. The van der Waals surface area contributed by atoms with E-state index in [-0.39, 0.29) is 0 Å². The molecule has 0 saturated heterocycles. The summed E-state index contributed by atoms with van der Waals surface area (Å²) in [5, 5.41) is 8.44. The highest BCUT2D eigenvalue weighted by molar-refractivity contribution is 5.02.